The predicted octanol–water partition coefficient (Wildman–Crippen LogP) is 1.39. The van der Waals surface area contributed by atoms with E-state index in [4.69, 9.17) is 10.5 Å². The number of nitrogen functional groups attached to an aromatic ring is 1. The number of anilines is 1. The summed E-state index contributed by atoms with van der Waals surface area (Å²) in [5.41, 5.74) is 5.25. The lowest BCUT2D eigenvalue weighted by Crippen LogP contribution is -2.17. The first-order valence-electron chi connectivity index (χ1n) is 5.78. The second kappa shape index (κ2) is 6.51. The molecule has 0 amide bonds. The Bertz CT molecular complexity index is 557. The smallest absolute Gasteiger partial charge is 0.338 e. The molecule has 0 aliphatic rings. The second-order valence-electron chi connectivity index (χ2n) is 4.02. The normalized spacial score (nSPS) is 11.3. The number of rotatable bonds is 6. The van der Waals surface area contributed by atoms with Gasteiger partial charge in [-0.05, 0) is 24.6 Å². The van der Waals surface area contributed by atoms with Crippen LogP contribution in [-0.2, 0) is 14.6 Å². The quantitative estimate of drug-likeness (QED) is 0.631. The van der Waals surface area contributed by atoms with Crippen molar-refractivity contribution in [1.29, 1.82) is 0 Å². The summed E-state index contributed by atoms with van der Waals surface area (Å²) in [5.74, 6) is -1.50. The molecule has 19 heavy (non-hydrogen) atoms. The zero-order valence-corrected chi connectivity index (χ0v) is 11.4. The molecule has 0 atom stereocenters. The Kier molecular flexibility index (Phi) is 5.29. The molecule has 0 bridgehead atoms. The van der Waals surface area contributed by atoms with Crippen LogP contribution in [0.5, 0.6) is 0 Å². The van der Waals surface area contributed by atoms with Crippen LogP contribution >= 0.6 is 0 Å². The van der Waals surface area contributed by atoms with Crippen molar-refractivity contribution in [3.05, 3.63) is 29.6 Å². The summed E-state index contributed by atoms with van der Waals surface area (Å²) in [4.78, 5) is 11.6. The molecule has 0 saturated carbocycles. The minimum Gasteiger partial charge on any atom is -0.461 e. The number of sulfone groups is 1. The van der Waals surface area contributed by atoms with E-state index >= 15 is 0 Å². The van der Waals surface area contributed by atoms with Crippen molar-refractivity contribution in [3.63, 3.8) is 0 Å². The summed E-state index contributed by atoms with van der Waals surface area (Å²) in [6, 6.07) is 3.44. The van der Waals surface area contributed by atoms with Crippen molar-refractivity contribution in [3.8, 4) is 0 Å². The maximum absolute atomic E-state index is 12.9. The average Bonchev–Trinajstić information content (AvgIpc) is 2.32. The highest BCUT2D eigenvalue weighted by atomic mass is 32.2. The molecule has 1 aromatic carbocycles. The highest BCUT2D eigenvalue weighted by Gasteiger charge is 2.13. The first-order chi connectivity index (χ1) is 8.85. The van der Waals surface area contributed by atoms with E-state index in [1.54, 1.807) is 6.92 Å². The van der Waals surface area contributed by atoms with Gasteiger partial charge < -0.3 is 10.5 Å². The topological polar surface area (TPSA) is 86.5 Å². The van der Waals surface area contributed by atoms with Crippen LogP contribution in [0.2, 0.25) is 0 Å². The molecule has 0 spiro atoms. The zero-order chi connectivity index (χ0) is 14.5. The van der Waals surface area contributed by atoms with Crippen LogP contribution in [0.4, 0.5) is 10.1 Å². The zero-order valence-electron chi connectivity index (χ0n) is 10.6. The molecule has 5 nitrogen and oxygen atoms in total. The van der Waals surface area contributed by atoms with Gasteiger partial charge in [-0.25, -0.2) is 17.6 Å². The van der Waals surface area contributed by atoms with Crippen LogP contribution in [0.3, 0.4) is 0 Å². The number of carbonyl (C=O) groups is 1. The number of halogens is 1. The minimum atomic E-state index is -3.19. The Morgan fingerprint density at radius 2 is 2.05 bits per heavy atom. The molecule has 106 valence electrons. The van der Waals surface area contributed by atoms with E-state index in [1.807, 2.05) is 0 Å². The minimum absolute atomic E-state index is 0.0635. The van der Waals surface area contributed by atoms with Crippen LogP contribution in [0.25, 0.3) is 0 Å². The summed E-state index contributed by atoms with van der Waals surface area (Å²) in [7, 11) is -3.19. The highest BCUT2D eigenvalue weighted by Crippen LogP contribution is 2.13. The van der Waals surface area contributed by atoms with Gasteiger partial charge in [0.25, 0.3) is 0 Å². The summed E-state index contributed by atoms with van der Waals surface area (Å²) in [6.07, 6.45) is 0.519. The van der Waals surface area contributed by atoms with Crippen molar-refractivity contribution in [2.75, 3.05) is 23.8 Å². The Morgan fingerprint density at radius 1 is 1.37 bits per heavy atom. The summed E-state index contributed by atoms with van der Waals surface area (Å²) >= 11 is 0. The van der Waals surface area contributed by atoms with Crippen LogP contribution in [-0.4, -0.2) is 32.5 Å². The van der Waals surface area contributed by atoms with E-state index in [2.05, 4.69) is 0 Å². The number of carbonyl (C=O) groups excluding carboxylic acids is 1. The number of esters is 1. The molecule has 0 aromatic heterocycles. The van der Waals surface area contributed by atoms with E-state index < -0.39 is 21.6 Å². The predicted molar refractivity (Wildman–Crippen MR) is 70.0 cm³/mol. The van der Waals surface area contributed by atoms with E-state index in [1.165, 1.54) is 6.07 Å². The Hall–Kier alpha value is -1.63. The van der Waals surface area contributed by atoms with Crippen LogP contribution in [0.15, 0.2) is 18.2 Å². The van der Waals surface area contributed by atoms with Gasteiger partial charge in [-0.2, -0.15) is 0 Å². The first kappa shape index (κ1) is 15.4. The van der Waals surface area contributed by atoms with Gasteiger partial charge in [-0.15, -0.1) is 0 Å². The van der Waals surface area contributed by atoms with Crippen molar-refractivity contribution < 1.29 is 22.3 Å². The summed E-state index contributed by atoms with van der Waals surface area (Å²) in [5, 5.41) is 0. The fraction of sp³-hybridized carbons (Fsp3) is 0.417. The van der Waals surface area contributed by atoms with Gasteiger partial charge in [0.05, 0.1) is 22.8 Å². The third kappa shape index (κ3) is 4.86. The first-order valence-corrected chi connectivity index (χ1v) is 7.60. The number of ether oxygens (including phenoxy) is 1. The van der Waals surface area contributed by atoms with Crippen molar-refractivity contribution in [1.82, 2.24) is 0 Å². The Balaban J connectivity index is 2.54. The molecule has 0 unspecified atom stereocenters. The van der Waals surface area contributed by atoms with E-state index in [0.717, 1.165) is 12.1 Å². The molecule has 0 heterocycles. The van der Waals surface area contributed by atoms with Crippen LogP contribution in [0.1, 0.15) is 23.7 Å². The van der Waals surface area contributed by atoms with Gasteiger partial charge in [0.1, 0.15) is 12.4 Å². The molecule has 1 aromatic rings. The monoisotopic (exact) mass is 289 g/mol. The molecule has 1 rings (SSSR count). The van der Waals surface area contributed by atoms with Crippen molar-refractivity contribution >= 4 is 21.5 Å². The van der Waals surface area contributed by atoms with Gasteiger partial charge in [0.2, 0.25) is 0 Å². The van der Waals surface area contributed by atoms with Gasteiger partial charge in [-0.3, -0.25) is 0 Å². The average molecular weight is 289 g/mol. The van der Waals surface area contributed by atoms with Gasteiger partial charge in [0.15, 0.2) is 9.84 Å². The van der Waals surface area contributed by atoms with Crippen LogP contribution < -0.4 is 5.73 Å². The number of hydrogen-bond acceptors (Lipinski definition) is 5. The lowest BCUT2D eigenvalue weighted by molar-refractivity contribution is 0.0529. The molecule has 2 N–H and O–H groups in total. The van der Waals surface area contributed by atoms with E-state index in [-0.39, 0.29) is 29.4 Å². The fourth-order valence-corrected chi connectivity index (χ4v) is 2.59. The van der Waals surface area contributed by atoms with Gasteiger partial charge in [0, 0.05) is 0 Å². The van der Waals surface area contributed by atoms with Gasteiger partial charge in [-0.1, -0.05) is 6.92 Å². The SMILES string of the molecule is CCCS(=O)(=O)CCOC(=O)c1ccc(F)c(N)c1. The number of hydrogen-bond donors (Lipinski definition) is 1. The van der Waals surface area contributed by atoms with Crippen LogP contribution in [0, 0.1) is 5.82 Å². The summed E-state index contributed by atoms with van der Waals surface area (Å²) < 4.78 is 40.5. The molecule has 0 fully saturated rings. The molecule has 7 heteroatoms. The van der Waals surface area contributed by atoms with Gasteiger partial charge >= 0.3 is 5.97 Å². The fourth-order valence-electron chi connectivity index (χ4n) is 1.43. The lowest BCUT2D eigenvalue weighted by atomic mass is 10.2. The molecule has 0 aliphatic carbocycles. The second-order valence-corrected chi connectivity index (χ2v) is 6.33. The van der Waals surface area contributed by atoms with Crippen molar-refractivity contribution in [2.24, 2.45) is 0 Å². The van der Waals surface area contributed by atoms with E-state index in [0.29, 0.717) is 6.42 Å². The highest BCUT2D eigenvalue weighted by molar-refractivity contribution is 7.91. The lowest BCUT2D eigenvalue weighted by Gasteiger charge is -2.06. The van der Waals surface area contributed by atoms with E-state index in [9.17, 15) is 17.6 Å². The molecular formula is C12H16FNO4S. The van der Waals surface area contributed by atoms with Crippen molar-refractivity contribution in [2.45, 2.75) is 13.3 Å². The number of benzene rings is 1. The Morgan fingerprint density at radius 3 is 2.63 bits per heavy atom. The molecular weight excluding hydrogens is 273 g/mol. The maximum Gasteiger partial charge on any atom is 0.338 e. The third-order valence-electron chi connectivity index (χ3n) is 2.37. The summed E-state index contributed by atoms with van der Waals surface area (Å²) in [6.45, 7) is 1.53. The number of nitrogens with two attached hydrogens (primary N) is 1. The Labute approximate surface area is 111 Å². The molecule has 0 radical (unpaired) electrons. The molecule has 0 saturated heterocycles. The largest absolute Gasteiger partial charge is 0.461 e. The third-order valence-corrected chi connectivity index (χ3v) is 4.19. The standard InChI is InChI=1S/C12H16FNO4S/c1-2-6-19(16,17)7-5-18-12(15)9-3-4-10(13)11(14)8-9/h3-4,8H,2,5-7,14H2,1H3. The maximum atomic E-state index is 12.9. The molecule has 0 aliphatic heterocycles.